The zero-order valence-electron chi connectivity index (χ0n) is 10.2. The molecule has 0 fully saturated rings. The molecule has 0 saturated carbocycles. The van der Waals surface area contributed by atoms with E-state index in [-0.39, 0.29) is 0 Å². The Morgan fingerprint density at radius 2 is 2.18 bits per heavy atom. The summed E-state index contributed by atoms with van der Waals surface area (Å²) in [5.74, 6) is 0.739. The largest absolute Gasteiger partial charge is 0.465 e. The summed E-state index contributed by atoms with van der Waals surface area (Å²) in [6.45, 7) is 3.04. The van der Waals surface area contributed by atoms with Crippen LogP contribution in [0.2, 0.25) is 0 Å². The lowest BCUT2D eigenvalue weighted by Crippen LogP contribution is -2.16. The van der Waals surface area contributed by atoms with Crippen LogP contribution in [-0.2, 0) is 20.9 Å². The summed E-state index contributed by atoms with van der Waals surface area (Å²) in [6, 6.07) is 1.63. The molecule has 0 radical (unpaired) electrons. The molecule has 0 aliphatic heterocycles. The van der Waals surface area contributed by atoms with Crippen LogP contribution in [0.3, 0.4) is 0 Å². The highest BCUT2D eigenvalue weighted by Gasteiger charge is 2.14. The highest BCUT2D eigenvalue weighted by Crippen LogP contribution is 2.15. The summed E-state index contributed by atoms with van der Waals surface area (Å²) in [5, 5.41) is 0. The number of hydrogen-bond acceptors (Lipinski definition) is 6. The molecule has 6 heteroatoms. The van der Waals surface area contributed by atoms with E-state index >= 15 is 0 Å². The van der Waals surface area contributed by atoms with E-state index in [1.807, 2.05) is 0 Å². The molecule has 0 unspecified atom stereocenters. The van der Waals surface area contributed by atoms with Crippen LogP contribution in [0.15, 0.2) is 10.5 Å². The average molecular weight is 243 g/mol. The standard InChI is InChI=1S/C11H17NO5/c1-8-10(11(13)15-3)6-9(17-8)7-12-16-5-4-14-2/h6,12H,4-5,7H2,1-3H3. The zero-order valence-corrected chi connectivity index (χ0v) is 10.2. The fraction of sp³-hybridized carbons (Fsp3) is 0.545. The van der Waals surface area contributed by atoms with Gasteiger partial charge in [-0.15, -0.1) is 0 Å². The fourth-order valence-corrected chi connectivity index (χ4v) is 1.26. The van der Waals surface area contributed by atoms with Gasteiger partial charge >= 0.3 is 5.97 Å². The van der Waals surface area contributed by atoms with Crippen LogP contribution in [0.25, 0.3) is 0 Å². The second-order valence-corrected chi connectivity index (χ2v) is 3.34. The van der Waals surface area contributed by atoms with Crippen LogP contribution in [0.4, 0.5) is 0 Å². The summed E-state index contributed by atoms with van der Waals surface area (Å²) in [4.78, 5) is 16.4. The SMILES string of the molecule is COCCONCc1cc(C(=O)OC)c(C)o1. The number of nitrogens with one attached hydrogen (secondary N) is 1. The van der Waals surface area contributed by atoms with E-state index in [0.29, 0.717) is 36.8 Å². The van der Waals surface area contributed by atoms with Gasteiger partial charge in [-0.25, -0.2) is 4.79 Å². The van der Waals surface area contributed by atoms with Gasteiger partial charge in [0.2, 0.25) is 0 Å². The molecule has 0 aliphatic carbocycles. The van der Waals surface area contributed by atoms with Crippen molar-refractivity contribution in [1.82, 2.24) is 5.48 Å². The lowest BCUT2D eigenvalue weighted by atomic mass is 10.2. The minimum Gasteiger partial charge on any atom is -0.465 e. The molecule has 1 N–H and O–H groups in total. The molecule has 0 aromatic carbocycles. The van der Waals surface area contributed by atoms with E-state index < -0.39 is 5.97 Å². The Morgan fingerprint density at radius 1 is 1.41 bits per heavy atom. The molecule has 1 heterocycles. The number of aryl methyl sites for hydroxylation is 1. The average Bonchev–Trinajstić information content (AvgIpc) is 2.69. The predicted molar refractivity (Wildman–Crippen MR) is 59.5 cm³/mol. The normalized spacial score (nSPS) is 10.5. The number of carbonyl (C=O) groups is 1. The summed E-state index contributed by atoms with van der Waals surface area (Å²) >= 11 is 0. The van der Waals surface area contributed by atoms with Crippen molar-refractivity contribution in [2.45, 2.75) is 13.5 Å². The van der Waals surface area contributed by atoms with Crippen molar-refractivity contribution in [2.75, 3.05) is 27.4 Å². The van der Waals surface area contributed by atoms with Crippen LogP contribution in [0, 0.1) is 6.92 Å². The molecule has 0 aliphatic rings. The van der Waals surface area contributed by atoms with Crippen molar-refractivity contribution in [1.29, 1.82) is 0 Å². The highest BCUT2D eigenvalue weighted by atomic mass is 16.7. The van der Waals surface area contributed by atoms with Crippen LogP contribution in [-0.4, -0.2) is 33.4 Å². The van der Waals surface area contributed by atoms with Crippen molar-refractivity contribution >= 4 is 5.97 Å². The Kier molecular flexibility index (Phi) is 5.68. The molecule has 1 aromatic heterocycles. The maximum atomic E-state index is 11.3. The summed E-state index contributed by atoms with van der Waals surface area (Å²) < 4.78 is 14.8. The van der Waals surface area contributed by atoms with Gasteiger partial charge in [-0.2, -0.15) is 5.48 Å². The summed E-state index contributed by atoms with van der Waals surface area (Å²) in [7, 11) is 2.93. The van der Waals surface area contributed by atoms with Crippen LogP contribution in [0.5, 0.6) is 0 Å². The van der Waals surface area contributed by atoms with Gasteiger partial charge in [-0.05, 0) is 13.0 Å². The quantitative estimate of drug-likeness (QED) is 0.438. The smallest absolute Gasteiger partial charge is 0.341 e. The third-order valence-electron chi connectivity index (χ3n) is 2.11. The molecule has 0 amide bonds. The zero-order chi connectivity index (χ0) is 12.7. The van der Waals surface area contributed by atoms with E-state index in [9.17, 15) is 4.79 Å². The van der Waals surface area contributed by atoms with E-state index in [1.54, 1.807) is 20.1 Å². The number of rotatable bonds is 7. The monoisotopic (exact) mass is 243 g/mol. The van der Waals surface area contributed by atoms with Crippen LogP contribution < -0.4 is 5.48 Å². The van der Waals surface area contributed by atoms with Gasteiger partial charge in [0.1, 0.15) is 17.1 Å². The summed E-state index contributed by atoms with van der Waals surface area (Å²) in [5.41, 5.74) is 3.14. The third kappa shape index (κ3) is 4.18. The second-order valence-electron chi connectivity index (χ2n) is 3.34. The van der Waals surface area contributed by atoms with E-state index in [1.165, 1.54) is 7.11 Å². The van der Waals surface area contributed by atoms with Gasteiger partial charge in [-0.3, -0.25) is 4.84 Å². The Labute approximate surface area is 99.8 Å². The van der Waals surface area contributed by atoms with Crippen molar-refractivity contribution in [3.05, 3.63) is 23.2 Å². The van der Waals surface area contributed by atoms with Crippen molar-refractivity contribution in [3.8, 4) is 0 Å². The minimum absolute atomic E-state index is 0.377. The first-order valence-corrected chi connectivity index (χ1v) is 5.20. The number of furan rings is 1. The van der Waals surface area contributed by atoms with E-state index in [0.717, 1.165) is 0 Å². The first kappa shape index (κ1) is 13.7. The minimum atomic E-state index is -0.405. The Morgan fingerprint density at radius 3 is 2.82 bits per heavy atom. The first-order valence-electron chi connectivity index (χ1n) is 5.20. The number of esters is 1. The lowest BCUT2D eigenvalue weighted by Gasteiger charge is -2.02. The topological polar surface area (TPSA) is 69.9 Å². The maximum Gasteiger partial charge on any atom is 0.341 e. The van der Waals surface area contributed by atoms with Gasteiger partial charge in [0, 0.05) is 7.11 Å². The van der Waals surface area contributed by atoms with Crippen LogP contribution in [0.1, 0.15) is 21.9 Å². The maximum absolute atomic E-state index is 11.3. The van der Waals surface area contributed by atoms with E-state index in [2.05, 4.69) is 10.2 Å². The number of ether oxygens (including phenoxy) is 2. The molecule has 0 saturated heterocycles. The van der Waals surface area contributed by atoms with Gasteiger partial charge in [0.15, 0.2) is 0 Å². The van der Waals surface area contributed by atoms with Crippen molar-refractivity contribution in [2.24, 2.45) is 0 Å². The predicted octanol–water partition coefficient (Wildman–Crippen LogP) is 1.04. The molecule has 0 spiro atoms. The van der Waals surface area contributed by atoms with Crippen molar-refractivity contribution < 1.29 is 23.5 Å². The molecule has 0 atom stereocenters. The fourth-order valence-electron chi connectivity index (χ4n) is 1.26. The van der Waals surface area contributed by atoms with Crippen molar-refractivity contribution in [3.63, 3.8) is 0 Å². The second kappa shape index (κ2) is 7.05. The number of methoxy groups -OCH3 is 2. The molecule has 0 bridgehead atoms. The molecule has 1 aromatic rings. The highest BCUT2D eigenvalue weighted by molar-refractivity contribution is 5.90. The summed E-state index contributed by atoms with van der Waals surface area (Å²) in [6.07, 6.45) is 0. The van der Waals surface area contributed by atoms with Gasteiger partial charge < -0.3 is 13.9 Å². The lowest BCUT2D eigenvalue weighted by molar-refractivity contribution is 0.000959. The molecule has 1 rings (SSSR count). The molecule has 17 heavy (non-hydrogen) atoms. The Hall–Kier alpha value is -1.37. The van der Waals surface area contributed by atoms with E-state index in [4.69, 9.17) is 14.0 Å². The molecule has 96 valence electrons. The van der Waals surface area contributed by atoms with Gasteiger partial charge in [0.05, 0.1) is 26.9 Å². The number of hydroxylamine groups is 1. The van der Waals surface area contributed by atoms with Gasteiger partial charge in [0.25, 0.3) is 0 Å². The molecular formula is C11H17NO5. The molecule has 6 nitrogen and oxygen atoms in total. The third-order valence-corrected chi connectivity index (χ3v) is 2.11. The Bertz CT molecular complexity index is 361. The van der Waals surface area contributed by atoms with Crippen LogP contribution >= 0.6 is 0 Å². The Balaban J connectivity index is 2.42. The number of hydrogen-bond donors (Lipinski definition) is 1. The van der Waals surface area contributed by atoms with Gasteiger partial charge in [-0.1, -0.05) is 0 Å². The number of carbonyl (C=O) groups excluding carboxylic acids is 1. The molecular weight excluding hydrogens is 226 g/mol. The first-order chi connectivity index (χ1) is 8.19.